The fraction of sp³-hybridized carbons (Fsp3) is 0.133. The lowest BCUT2D eigenvalue weighted by Crippen LogP contribution is -2.05. The predicted octanol–water partition coefficient (Wildman–Crippen LogP) is 4.63. The monoisotopic (exact) mass is 294 g/mol. The van der Waals surface area contributed by atoms with Crippen molar-refractivity contribution in [3.63, 3.8) is 0 Å². The second-order valence-corrected chi connectivity index (χ2v) is 5.30. The lowest BCUT2D eigenvalue weighted by atomic mass is 10.0. The number of hydrogen-bond acceptors (Lipinski definition) is 2. The van der Waals surface area contributed by atoms with Crippen LogP contribution in [0.2, 0.25) is 5.02 Å². The minimum Gasteiger partial charge on any atom is -0.294 e. The predicted molar refractivity (Wildman–Crippen MR) is 77.7 cm³/mol. The van der Waals surface area contributed by atoms with Gasteiger partial charge in [0.25, 0.3) is 0 Å². The Morgan fingerprint density at radius 2 is 2.00 bits per heavy atom. The zero-order valence-corrected chi connectivity index (χ0v) is 11.9. The van der Waals surface area contributed by atoms with Crippen molar-refractivity contribution in [3.05, 3.63) is 64.4 Å². The van der Waals surface area contributed by atoms with E-state index >= 15 is 0 Å². The van der Waals surface area contributed by atoms with Crippen molar-refractivity contribution in [2.75, 3.05) is 6.26 Å². The maximum Gasteiger partial charge on any atom is 0.168 e. The number of benzene rings is 2. The summed E-state index contributed by atoms with van der Waals surface area (Å²) in [6.45, 7) is 0. The number of halogens is 2. The van der Waals surface area contributed by atoms with E-state index in [0.29, 0.717) is 11.1 Å². The molecule has 0 N–H and O–H groups in total. The smallest absolute Gasteiger partial charge is 0.168 e. The Morgan fingerprint density at radius 3 is 2.68 bits per heavy atom. The van der Waals surface area contributed by atoms with Crippen molar-refractivity contribution in [1.29, 1.82) is 0 Å². The minimum absolute atomic E-state index is 0.00706. The number of Topliss-reactive ketones (excluding diaryl/α,β-unsaturated/α-hetero) is 1. The summed E-state index contributed by atoms with van der Waals surface area (Å²) in [7, 11) is 0. The van der Waals surface area contributed by atoms with Gasteiger partial charge >= 0.3 is 0 Å². The highest BCUT2D eigenvalue weighted by Crippen LogP contribution is 2.22. The van der Waals surface area contributed by atoms with E-state index in [1.807, 2.05) is 24.5 Å². The molecule has 1 nitrogen and oxygen atoms in total. The average Bonchev–Trinajstić information content (AvgIpc) is 2.43. The maximum atomic E-state index is 13.1. The van der Waals surface area contributed by atoms with Crippen molar-refractivity contribution >= 4 is 29.1 Å². The molecule has 0 heterocycles. The molecule has 19 heavy (non-hydrogen) atoms. The van der Waals surface area contributed by atoms with Gasteiger partial charge < -0.3 is 0 Å². The van der Waals surface area contributed by atoms with Crippen molar-refractivity contribution in [2.24, 2.45) is 0 Å². The third-order valence-corrected chi connectivity index (χ3v) is 3.84. The molecule has 0 aromatic heterocycles. The van der Waals surface area contributed by atoms with Gasteiger partial charge in [0.05, 0.1) is 5.02 Å². The van der Waals surface area contributed by atoms with Gasteiger partial charge in [-0.1, -0.05) is 35.9 Å². The van der Waals surface area contributed by atoms with E-state index in [4.69, 9.17) is 11.6 Å². The zero-order chi connectivity index (χ0) is 13.8. The number of ketones is 1. The third kappa shape index (κ3) is 3.37. The van der Waals surface area contributed by atoms with Crippen LogP contribution in [0.5, 0.6) is 0 Å². The first-order valence-corrected chi connectivity index (χ1v) is 7.32. The molecule has 2 aromatic carbocycles. The molecule has 0 spiro atoms. The molecule has 0 saturated carbocycles. The van der Waals surface area contributed by atoms with E-state index < -0.39 is 5.82 Å². The van der Waals surface area contributed by atoms with E-state index in [1.54, 1.807) is 12.1 Å². The number of rotatable bonds is 4. The van der Waals surface area contributed by atoms with Crippen LogP contribution in [0.15, 0.2) is 47.4 Å². The quantitative estimate of drug-likeness (QED) is 0.604. The van der Waals surface area contributed by atoms with Gasteiger partial charge in [0.15, 0.2) is 5.78 Å². The highest BCUT2D eigenvalue weighted by atomic mass is 35.5. The highest BCUT2D eigenvalue weighted by molar-refractivity contribution is 7.98. The number of thioether (sulfide) groups is 1. The van der Waals surface area contributed by atoms with Gasteiger partial charge in [0, 0.05) is 16.9 Å². The van der Waals surface area contributed by atoms with Crippen LogP contribution in [0.25, 0.3) is 0 Å². The van der Waals surface area contributed by atoms with Gasteiger partial charge in [-0.05, 0) is 30.0 Å². The zero-order valence-electron chi connectivity index (χ0n) is 10.3. The molecule has 0 radical (unpaired) electrons. The number of hydrogen-bond donors (Lipinski definition) is 0. The van der Waals surface area contributed by atoms with E-state index in [-0.39, 0.29) is 17.2 Å². The van der Waals surface area contributed by atoms with Gasteiger partial charge in [-0.25, -0.2) is 4.39 Å². The molecule has 0 saturated heterocycles. The third-order valence-electron chi connectivity index (χ3n) is 2.76. The summed E-state index contributed by atoms with van der Waals surface area (Å²) >= 11 is 7.24. The summed E-state index contributed by atoms with van der Waals surface area (Å²) in [5.74, 6) is -0.463. The van der Waals surface area contributed by atoms with Crippen LogP contribution in [0.4, 0.5) is 4.39 Å². The number of carbonyl (C=O) groups is 1. The molecule has 0 aliphatic carbocycles. The first kappa shape index (κ1) is 14.1. The maximum absolute atomic E-state index is 13.1. The highest BCUT2D eigenvalue weighted by Gasteiger charge is 2.12. The summed E-state index contributed by atoms with van der Waals surface area (Å²) in [5.41, 5.74) is 1.41. The number of carbonyl (C=O) groups excluding carboxylic acids is 1. The molecule has 98 valence electrons. The van der Waals surface area contributed by atoms with Crippen LogP contribution in [0.3, 0.4) is 0 Å². The molecule has 2 rings (SSSR count). The SMILES string of the molecule is CSc1ccccc1C(=O)Cc1ccc(F)c(Cl)c1. The molecule has 0 atom stereocenters. The lowest BCUT2D eigenvalue weighted by molar-refractivity contribution is 0.0990. The Balaban J connectivity index is 2.23. The second kappa shape index (κ2) is 6.22. The van der Waals surface area contributed by atoms with Crippen LogP contribution in [-0.4, -0.2) is 12.0 Å². The van der Waals surface area contributed by atoms with Crippen LogP contribution in [-0.2, 0) is 6.42 Å². The first-order chi connectivity index (χ1) is 9.11. The fourth-order valence-electron chi connectivity index (χ4n) is 1.81. The summed E-state index contributed by atoms with van der Waals surface area (Å²) in [4.78, 5) is 13.2. The van der Waals surface area contributed by atoms with Crippen LogP contribution in [0.1, 0.15) is 15.9 Å². The van der Waals surface area contributed by atoms with Crippen molar-refractivity contribution in [3.8, 4) is 0 Å². The van der Waals surface area contributed by atoms with E-state index in [1.165, 1.54) is 23.9 Å². The summed E-state index contributed by atoms with van der Waals surface area (Å²) in [6.07, 6.45) is 2.15. The van der Waals surface area contributed by atoms with Gasteiger partial charge in [-0.15, -0.1) is 11.8 Å². The Kier molecular flexibility index (Phi) is 4.61. The standard InChI is InChI=1S/C15H12ClFOS/c1-19-15-5-3-2-4-11(15)14(18)9-10-6-7-13(17)12(16)8-10/h2-8H,9H2,1H3. The minimum atomic E-state index is -0.470. The van der Waals surface area contributed by atoms with E-state index in [0.717, 1.165) is 4.90 Å². The normalized spacial score (nSPS) is 10.5. The molecule has 2 aromatic rings. The molecular formula is C15H12ClFOS. The molecule has 0 aliphatic heterocycles. The Labute approximate surface area is 120 Å². The second-order valence-electron chi connectivity index (χ2n) is 4.05. The fourth-order valence-corrected chi connectivity index (χ4v) is 2.62. The van der Waals surface area contributed by atoms with Crippen LogP contribution in [0, 0.1) is 5.82 Å². The van der Waals surface area contributed by atoms with Crippen LogP contribution < -0.4 is 0 Å². The summed E-state index contributed by atoms with van der Waals surface area (Å²) < 4.78 is 13.1. The molecule has 4 heteroatoms. The topological polar surface area (TPSA) is 17.1 Å². The molecule has 0 bridgehead atoms. The molecule has 0 amide bonds. The molecule has 0 aliphatic rings. The molecule has 0 fully saturated rings. The Hall–Kier alpha value is -1.32. The van der Waals surface area contributed by atoms with Gasteiger partial charge in [0.1, 0.15) is 5.82 Å². The van der Waals surface area contributed by atoms with E-state index in [2.05, 4.69) is 0 Å². The van der Waals surface area contributed by atoms with Crippen molar-refractivity contribution in [2.45, 2.75) is 11.3 Å². The lowest BCUT2D eigenvalue weighted by Gasteiger charge is -2.06. The molecular weight excluding hydrogens is 283 g/mol. The van der Waals surface area contributed by atoms with Gasteiger partial charge in [0.2, 0.25) is 0 Å². The first-order valence-electron chi connectivity index (χ1n) is 5.72. The summed E-state index contributed by atoms with van der Waals surface area (Å²) in [5, 5.41) is 0.0449. The van der Waals surface area contributed by atoms with Crippen LogP contribution >= 0.6 is 23.4 Å². The van der Waals surface area contributed by atoms with Gasteiger partial charge in [-0.2, -0.15) is 0 Å². The average molecular weight is 295 g/mol. The van der Waals surface area contributed by atoms with Gasteiger partial charge in [-0.3, -0.25) is 4.79 Å². The largest absolute Gasteiger partial charge is 0.294 e. The molecule has 0 unspecified atom stereocenters. The van der Waals surface area contributed by atoms with Crippen molar-refractivity contribution < 1.29 is 9.18 Å². The Bertz CT molecular complexity index is 613. The van der Waals surface area contributed by atoms with E-state index in [9.17, 15) is 9.18 Å². The summed E-state index contributed by atoms with van der Waals surface area (Å²) in [6, 6.07) is 11.8. The van der Waals surface area contributed by atoms with Crippen molar-refractivity contribution in [1.82, 2.24) is 0 Å². The Morgan fingerprint density at radius 1 is 1.26 bits per heavy atom.